The van der Waals surface area contributed by atoms with Gasteiger partial charge in [0.05, 0.1) is 0 Å². The molecule has 0 saturated carbocycles. The monoisotopic (exact) mass is 163 g/mol. The number of hydrogen-bond acceptors (Lipinski definition) is 1. The number of allylic oxidation sites excluding steroid dienone is 3. The van der Waals surface area contributed by atoms with Gasteiger partial charge >= 0.3 is 0 Å². The highest BCUT2D eigenvalue weighted by Gasteiger charge is 2.32. The van der Waals surface area contributed by atoms with Crippen LogP contribution in [0.5, 0.6) is 0 Å². The minimum absolute atomic E-state index is 0.429. The summed E-state index contributed by atoms with van der Waals surface area (Å²) in [6, 6.07) is 0. The molecule has 1 fully saturated rings. The zero-order chi connectivity index (χ0) is 8.44. The lowest BCUT2D eigenvalue weighted by atomic mass is 9.72. The van der Waals surface area contributed by atoms with E-state index in [0.29, 0.717) is 11.3 Å². The maximum atomic E-state index is 3.45. The van der Waals surface area contributed by atoms with Crippen LogP contribution in [0.2, 0.25) is 0 Å². The van der Waals surface area contributed by atoms with E-state index in [4.69, 9.17) is 0 Å². The first kappa shape index (κ1) is 8.06. The van der Waals surface area contributed by atoms with Crippen molar-refractivity contribution in [3.63, 3.8) is 0 Å². The quantitative estimate of drug-likeness (QED) is 0.539. The van der Waals surface area contributed by atoms with Gasteiger partial charge in [-0.15, -0.1) is 0 Å². The molecule has 2 unspecified atom stereocenters. The number of rotatable bonds is 0. The number of hydrogen-bond donors (Lipinski definition) is 1. The van der Waals surface area contributed by atoms with E-state index in [1.165, 1.54) is 13.0 Å². The van der Waals surface area contributed by atoms with Crippen LogP contribution in [0.25, 0.3) is 0 Å². The molecule has 1 nitrogen and oxygen atoms in total. The fourth-order valence-electron chi connectivity index (χ4n) is 2.19. The number of nitrogens with one attached hydrogen (secondary N) is 1. The molecule has 2 rings (SSSR count). The molecule has 1 N–H and O–H groups in total. The van der Waals surface area contributed by atoms with Crippen LogP contribution >= 0.6 is 0 Å². The Morgan fingerprint density at radius 3 is 3.25 bits per heavy atom. The van der Waals surface area contributed by atoms with Crippen LogP contribution in [0.3, 0.4) is 0 Å². The Balaban J connectivity index is 2.24. The third kappa shape index (κ3) is 1.34. The van der Waals surface area contributed by atoms with Gasteiger partial charge in [-0.25, -0.2) is 0 Å². The van der Waals surface area contributed by atoms with Gasteiger partial charge in [0.2, 0.25) is 0 Å². The highest BCUT2D eigenvalue weighted by atomic mass is 14.9. The molecule has 2 aliphatic rings. The summed E-state index contributed by atoms with van der Waals surface area (Å²) in [4.78, 5) is 0. The van der Waals surface area contributed by atoms with Gasteiger partial charge in [0.15, 0.2) is 0 Å². The molecule has 1 heterocycles. The smallest absolute Gasteiger partial charge is 0.00224 e. The van der Waals surface area contributed by atoms with Crippen LogP contribution in [0.4, 0.5) is 0 Å². The first-order valence-corrected chi connectivity index (χ1v) is 4.86. The van der Waals surface area contributed by atoms with E-state index < -0.39 is 0 Å². The molecule has 0 aromatic carbocycles. The maximum Gasteiger partial charge on any atom is 0.00224 e. The Kier molecular flexibility index (Phi) is 2.05. The summed E-state index contributed by atoms with van der Waals surface area (Å²) in [5.41, 5.74) is 0.429. The van der Waals surface area contributed by atoms with E-state index >= 15 is 0 Å². The van der Waals surface area contributed by atoms with Gasteiger partial charge in [-0.2, -0.15) is 0 Å². The normalized spacial score (nSPS) is 40.6. The molecular formula is C11H17N. The largest absolute Gasteiger partial charge is 0.316 e. The highest BCUT2D eigenvalue weighted by Crippen LogP contribution is 2.37. The highest BCUT2D eigenvalue weighted by molar-refractivity contribution is 5.14. The molecule has 2 atom stereocenters. The summed E-state index contributed by atoms with van der Waals surface area (Å²) < 4.78 is 0. The van der Waals surface area contributed by atoms with E-state index in [1.807, 2.05) is 0 Å². The molecule has 0 radical (unpaired) electrons. The predicted molar refractivity (Wildman–Crippen MR) is 52.0 cm³/mol. The molecule has 1 heteroatoms. The SMILES string of the molecule is CC12C=CCC=CC1CNCC2. The first-order valence-electron chi connectivity index (χ1n) is 4.86. The fourth-order valence-corrected chi connectivity index (χ4v) is 2.19. The van der Waals surface area contributed by atoms with Gasteiger partial charge in [-0.3, -0.25) is 0 Å². The molecule has 0 aromatic rings. The summed E-state index contributed by atoms with van der Waals surface area (Å²) in [5.74, 6) is 0.713. The summed E-state index contributed by atoms with van der Waals surface area (Å²) in [5, 5.41) is 3.45. The van der Waals surface area contributed by atoms with Gasteiger partial charge in [-0.1, -0.05) is 31.2 Å². The molecule has 1 aliphatic heterocycles. The molecule has 1 saturated heterocycles. The molecule has 0 amide bonds. The molecule has 0 bridgehead atoms. The molecule has 0 aromatic heterocycles. The Labute approximate surface area is 74.5 Å². The summed E-state index contributed by atoms with van der Waals surface area (Å²) in [7, 11) is 0. The average Bonchev–Trinajstić information content (AvgIpc) is 2.25. The van der Waals surface area contributed by atoms with Gasteiger partial charge in [0.25, 0.3) is 0 Å². The van der Waals surface area contributed by atoms with Crippen LogP contribution in [0.15, 0.2) is 24.3 Å². The lowest BCUT2D eigenvalue weighted by Gasteiger charge is -2.37. The van der Waals surface area contributed by atoms with E-state index in [1.54, 1.807) is 0 Å². The van der Waals surface area contributed by atoms with Crippen molar-refractivity contribution in [2.45, 2.75) is 19.8 Å². The minimum Gasteiger partial charge on any atom is -0.316 e. The summed E-state index contributed by atoms with van der Waals surface area (Å²) in [6.07, 6.45) is 11.8. The Morgan fingerprint density at radius 1 is 1.42 bits per heavy atom. The van der Waals surface area contributed by atoms with Crippen molar-refractivity contribution < 1.29 is 0 Å². The van der Waals surface area contributed by atoms with Crippen molar-refractivity contribution in [1.29, 1.82) is 0 Å². The van der Waals surface area contributed by atoms with Crippen molar-refractivity contribution >= 4 is 0 Å². The minimum atomic E-state index is 0.429. The third-order valence-corrected chi connectivity index (χ3v) is 3.19. The van der Waals surface area contributed by atoms with Gasteiger partial charge < -0.3 is 5.32 Å². The van der Waals surface area contributed by atoms with Gasteiger partial charge in [-0.05, 0) is 30.7 Å². The van der Waals surface area contributed by atoms with E-state index in [9.17, 15) is 0 Å². The van der Waals surface area contributed by atoms with Crippen molar-refractivity contribution in [3.8, 4) is 0 Å². The lowest BCUT2D eigenvalue weighted by molar-refractivity contribution is 0.232. The molecular weight excluding hydrogens is 146 g/mol. The predicted octanol–water partition coefficient (Wildman–Crippen LogP) is 2.12. The Bertz CT molecular complexity index is 217. The second-order valence-electron chi connectivity index (χ2n) is 4.13. The van der Waals surface area contributed by atoms with Crippen LogP contribution < -0.4 is 5.32 Å². The van der Waals surface area contributed by atoms with Gasteiger partial charge in [0.1, 0.15) is 0 Å². The molecule has 12 heavy (non-hydrogen) atoms. The fraction of sp³-hybridized carbons (Fsp3) is 0.636. The van der Waals surface area contributed by atoms with Crippen molar-refractivity contribution in [2.24, 2.45) is 11.3 Å². The zero-order valence-corrected chi connectivity index (χ0v) is 7.72. The zero-order valence-electron chi connectivity index (χ0n) is 7.72. The maximum absolute atomic E-state index is 3.45. The number of piperidine rings is 1. The average molecular weight is 163 g/mol. The van der Waals surface area contributed by atoms with Crippen LogP contribution in [0.1, 0.15) is 19.8 Å². The summed E-state index contributed by atoms with van der Waals surface area (Å²) in [6.45, 7) is 4.70. The van der Waals surface area contributed by atoms with E-state index in [0.717, 1.165) is 13.0 Å². The van der Waals surface area contributed by atoms with Crippen LogP contribution in [-0.4, -0.2) is 13.1 Å². The Hall–Kier alpha value is -0.560. The Morgan fingerprint density at radius 2 is 2.33 bits per heavy atom. The van der Waals surface area contributed by atoms with Crippen molar-refractivity contribution in [2.75, 3.05) is 13.1 Å². The topological polar surface area (TPSA) is 12.0 Å². The van der Waals surface area contributed by atoms with E-state index in [2.05, 4.69) is 36.5 Å². The second-order valence-corrected chi connectivity index (χ2v) is 4.13. The lowest BCUT2D eigenvalue weighted by Crippen LogP contribution is -2.41. The molecule has 1 aliphatic carbocycles. The van der Waals surface area contributed by atoms with E-state index in [-0.39, 0.29) is 0 Å². The third-order valence-electron chi connectivity index (χ3n) is 3.19. The van der Waals surface area contributed by atoms with Crippen LogP contribution in [-0.2, 0) is 0 Å². The van der Waals surface area contributed by atoms with Crippen molar-refractivity contribution in [3.05, 3.63) is 24.3 Å². The van der Waals surface area contributed by atoms with Crippen LogP contribution in [0, 0.1) is 11.3 Å². The first-order chi connectivity index (χ1) is 5.81. The van der Waals surface area contributed by atoms with Crippen molar-refractivity contribution in [1.82, 2.24) is 5.32 Å². The standard InChI is InChI=1S/C11H17N/c1-11-6-4-2-3-5-10(11)9-12-8-7-11/h3-6,10,12H,2,7-9H2,1H3. The molecule has 0 spiro atoms. The molecule has 66 valence electrons. The second kappa shape index (κ2) is 3.06. The number of fused-ring (bicyclic) bond motifs is 1. The summed E-state index contributed by atoms with van der Waals surface area (Å²) >= 11 is 0. The van der Waals surface area contributed by atoms with Gasteiger partial charge in [0, 0.05) is 6.54 Å².